The number of hydrogen-bond donors (Lipinski definition) is 1. The third-order valence-electron chi connectivity index (χ3n) is 3.54. The summed E-state index contributed by atoms with van der Waals surface area (Å²) >= 11 is 0. The second-order valence-corrected chi connectivity index (χ2v) is 5.02. The van der Waals surface area contributed by atoms with Crippen molar-refractivity contribution in [1.29, 1.82) is 0 Å². The minimum absolute atomic E-state index is 0.354. The number of nitrogens with zero attached hydrogens (tertiary/aromatic N) is 3. The minimum Gasteiger partial charge on any atom is -0.368 e. The number of aromatic nitrogens is 2. The van der Waals surface area contributed by atoms with Crippen molar-refractivity contribution < 1.29 is 0 Å². The van der Waals surface area contributed by atoms with Crippen LogP contribution in [0.15, 0.2) is 30.3 Å². The average molecular weight is 254 g/mol. The van der Waals surface area contributed by atoms with Crippen LogP contribution in [0.3, 0.4) is 0 Å². The van der Waals surface area contributed by atoms with Crippen molar-refractivity contribution in [2.75, 3.05) is 17.2 Å². The molecule has 3 rings (SSSR count). The summed E-state index contributed by atoms with van der Waals surface area (Å²) in [6, 6.07) is 10.6. The first-order valence-corrected chi connectivity index (χ1v) is 6.65. The van der Waals surface area contributed by atoms with Gasteiger partial charge in [0.05, 0.1) is 0 Å². The Bertz CT molecular complexity index is 574. The normalized spacial score (nSPS) is 14.9. The molecule has 2 heterocycles. The van der Waals surface area contributed by atoms with E-state index in [-0.39, 0.29) is 0 Å². The van der Waals surface area contributed by atoms with Crippen molar-refractivity contribution in [3.63, 3.8) is 0 Å². The van der Waals surface area contributed by atoms with Crippen molar-refractivity contribution >= 4 is 11.8 Å². The quantitative estimate of drug-likeness (QED) is 0.848. The predicted molar refractivity (Wildman–Crippen MR) is 77.0 cm³/mol. The zero-order valence-corrected chi connectivity index (χ0v) is 11.1. The maximum atomic E-state index is 5.75. The molecule has 1 aromatic heterocycles. The highest BCUT2D eigenvalue weighted by Gasteiger charge is 2.16. The summed E-state index contributed by atoms with van der Waals surface area (Å²) in [6.45, 7) is 3.85. The summed E-state index contributed by atoms with van der Waals surface area (Å²) in [5, 5.41) is 0. The molecule has 0 spiro atoms. The minimum atomic E-state index is 0.354. The molecule has 1 aliphatic heterocycles. The molecule has 0 aliphatic carbocycles. The zero-order valence-electron chi connectivity index (χ0n) is 11.1. The van der Waals surface area contributed by atoms with Gasteiger partial charge in [-0.2, -0.15) is 4.98 Å². The number of hydrogen-bond acceptors (Lipinski definition) is 4. The first-order chi connectivity index (χ1) is 9.22. The van der Waals surface area contributed by atoms with E-state index >= 15 is 0 Å². The Morgan fingerprint density at radius 2 is 1.95 bits per heavy atom. The number of benzene rings is 1. The van der Waals surface area contributed by atoms with Gasteiger partial charge in [-0.1, -0.05) is 24.3 Å². The molecule has 0 bridgehead atoms. The van der Waals surface area contributed by atoms with Crippen molar-refractivity contribution in [3.8, 4) is 0 Å². The fraction of sp³-hybridized carbons (Fsp3) is 0.333. The smallest absolute Gasteiger partial charge is 0.222 e. The van der Waals surface area contributed by atoms with Crippen LogP contribution in [-0.4, -0.2) is 16.5 Å². The third kappa shape index (κ3) is 2.52. The number of rotatable bonds is 1. The van der Waals surface area contributed by atoms with E-state index in [1.165, 1.54) is 11.1 Å². The molecule has 19 heavy (non-hydrogen) atoms. The topological polar surface area (TPSA) is 55.0 Å². The highest BCUT2D eigenvalue weighted by molar-refractivity contribution is 5.45. The summed E-state index contributed by atoms with van der Waals surface area (Å²) in [7, 11) is 0. The fourth-order valence-corrected chi connectivity index (χ4v) is 2.63. The van der Waals surface area contributed by atoms with Crippen LogP contribution in [-0.2, 0) is 13.0 Å². The lowest BCUT2D eigenvalue weighted by molar-refractivity contribution is 0.752. The molecule has 0 atom stereocenters. The molecule has 4 nitrogen and oxygen atoms in total. The number of aryl methyl sites for hydroxylation is 2. The average Bonchev–Trinajstić information content (AvgIpc) is 2.59. The highest BCUT2D eigenvalue weighted by Crippen LogP contribution is 2.23. The van der Waals surface area contributed by atoms with Crippen molar-refractivity contribution in [2.24, 2.45) is 0 Å². The van der Waals surface area contributed by atoms with Gasteiger partial charge in [-0.15, -0.1) is 0 Å². The molecule has 2 N–H and O–H groups in total. The largest absolute Gasteiger partial charge is 0.368 e. The van der Waals surface area contributed by atoms with Gasteiger partial charge in [0.1, 0.15) is 5.82 Å². The molecule has 0 radical (unpaired) electrons. The second-order valence-electron chi connectivity index (χ2n) is 5.02. The monoisotopic (exact) mass is 254 g/mol. The lowest BCUT2D eigenvalue weighted by atomic mass is 10.0. The predicted octanol–water partition coefficient (Wildman–Crippen LogP) is 2.32. The van der Waals surface area contributed by atoms with Crippen molar-refractivity contribution in [1.82, 2.24) is 9.97 Å². The molecular weight excluding hydrogens is 236 g/mol. The first-order valence-electron chi connectivity index (χ1n) is 6.65. The van der Waals surface area contributed by atoms with Gasteiger partial charge in [0.15, 0.2) is 0 Å². The summed E-state index contributed by atoms with van der Waals surface area (Å²) in [5.41, 5.74) is 9.50. The molecule has 0 amide bonds. The van der Waals surface area contributed by atoms with Gasteiger partial charge in [0.2, 0.25) is 5.95 Å². The molecule has 0 fully saturated rings. The number of nitrogens with two attached hydrogens (primary N) is 1. The van der Waals surface area contributed by atoms with Crippen molar-refractivity contribution in [2.45, 2.75) is 26.3 Å². The first kappa shape index (κ1) is 12.0. The maximum absolute atomic E-state index is 5.75. The van der Waals surface area contributed by atoms with Crippen LogP contribution < -0.4 is 10.6 Å². The van der Waals surface area contributed by atoms with Crippen LogP contribution in [0.25, 0.3) is 0 Å². The van der Waals surface area contributed by atoms with Gasteiger partial charge in [0.25, 0.3) is 0 Å². The van der Waals surface area contributed by atoms with Crippen LogP contribution in [0.1, 0.15) is 23.2 Å². The Labute approximate surface area is 113 Å². The Morgan fingerprint density at radius 3 is 2.74 bits per heavy atom. The van der Waals surface area contributed by atoms with E-state index in [0.29, 0.717) is 5.95 Å². The Balaban J connectivity index is 1.94. The van der Waals surface area contributed by atoms with Crippen molar-refractivity contribution in [3.05, 3.63) is 47.2 Å². The molecule has 0 unspecified atom stereocenters. The van der Waals surface area contributed by atoms with E-state index in [1.807, 2.05) is 13.0 Å². The van der Waals surface area contributed by atoms with E-state index < -0.39 is 0 Å². The molecule has 1 aromatic carbocycles. The molecular formula is C15H18N4. The van der Waals surface area contributed by atoms with Crippen LogP contribution in [0.4, 0.5) is 11.8 Å². The standard InChI is InChI=1S/C15H18N4/c1-11-9-14(18-15(16)17-11)19-8-4-7-12-5-2-3-6-13(12)10-19/h2-3,5-6,9H,4,7-8,10H2,1H3,(H2,16,17,18). The summed E-state index contributed by atoms with van der Waals surface area (Å²) < 4.78 is 0. The van der Waals surface area contributed by atoms with E-state index in [2.05, 4.69) is 39.1 Å². The summed E-state index contributed by atoms with van der Waals surface area (Å²) in [6.07, 6.45) is 2.27. The Hall–Kier alpha value is -2.10. The van der Waals surface area contributed by atoms with Crippen LogP contribution in [0.5, 0.6) is 0 Å². The van der Waals surface area contributed by atoms with E-state index in [9.17, 15) is 0 Å². The highest BCUT2D eigenvalue weighted by atomic mass is 15.2. The number of nitrogen functional groups attached to an aromatic ring is 1. The fourth-order valence-electron chi connectivity index (χ4n) is 2.63. The summed E-state index contributed by atoms with van der Waals surface area (Å²) in [5.74, 6) is 1.29. The maximum Gasteiger partial charge on any atom is 0.222 e. The number of anilines is 2. The van der Waals surface area contributed by atoms with Gasteiger partial charge in [0, 0.05) is 24.8 Å². The van der Waals surface area contributed by atoms with Crippen LogP contribution in [0, 0.1) is 6.92 Å². The Morgan fingerprint density at radius 1 is 1.16 bits per heavy atom. The SMILES string of the molecule is Cc1cc(N2CCCc3ccccc3C2)nc(N)n1. The molecule has 2 aromatic rings. The zero-order chi connectivity index (χ0) is 13.2. The van der Waals surface area contributed by atoms with Gasteiger partial charge in [-0.05, 0) is 30.9 Å². The lowest BCUT2D eigenvalue weighted by Crippen LogP contribution is -2.24. The second kappa shape index (κ2) is 4.88. The molecule has 1 aliphatic rings. The molecule has 4 heteroatoms. The van der Waals surface area contributed by atoms with Gasteiger partial charge < -0.3 is 10.6 Å². The van der Waals surface area contributed by atoms with Gasteiger partial charge in [-0.25, -0.2) is 4.98 Å². The molecule has 0 saturated heterocycles. The van der Waals surface area contributed by atoms with Gasteiger partial charge in [-0.3, -0.25) is 0 Å². The third-order valence-corrected chi connectivity index (χ3v) is 3.54. The summed E-state index contributed by atoms with van der Waals surface area (Å²) in [4.78, 5) is 10.8. The molecule has 0 saturated carbocycles. The molecule has 98 valence electrons. The van der Waals surface area contributed by atoms with Gasteiger partial charge >= 0.3 is 0 Å². The van der Waals surface area contributed by atoms with E-state index in [1.54, 1.807) is 0 Å². The van der Waals surface area contributed by atoms with Crippen LogP contribution in [0.2, 0.25) is 0 Å². The van der Waals surface area contributed by atoms with Crippen LogP contribution >= 0.6 is 0 Å². The van der Waals surface area contributed by atoms with E-state index in [4.69, 9.17) is 5.73 Å². The Kier molecular flexibility index (Phi) is 3.07. The van der Waals surface area contributed by atoms with E-state index in [0.717, 1.165) is 37.4 Å². The number of fused-ring (bicyclic) bond motifs is 1. The lowest BCUT2D eigenvalue weighted by Gasteiger charge is -2.22.